The molecular formula is C26H24I2N2O5S. The van der Waals surface area contributed by atoms with Crippen molar-refractivity contribution in [1.29, 1.82) is 0 Å². The van der Waals surface area contributed by atoms with Gasteiger partial charge in [0.25, 0.3) is 5.56 Å². The molecule has 0 radical (unpaired) electrons. The molecule has 1 aliphatic rings. The summed E-state index contributed by atoms with van der Waals surface area (Å²) in [6, 6.07) is 10.3. The van der Waals surface area contributed by atoms with Gasteiger partial charge in [-0.05, 0) is 97.2 Å². The number of hydrogen-bond donors (Lipinski definition) is 1. The number of ether oxygens (including phenoxy) is 2. The first-order valence-electron chi connectivity index (χ1n) is 11.3. The maximum Gasteiger partial charge on any atom is 0.338 e. The number of rotatable bonds is 6. The number of carbonyl (C=O) groups is 1. The van der Waals surface area contributed by atoms with Gasteiger partial charge < -0.3 is 14.6 Å². The fourth-order valence-corrected chi connectivity index (χ4v) is 6.92. The minimum Gasteiger partial charge on any atom is -0.506 e. The van der Waals surface area contributed by atoms with Crippen molar-refractivity contribution >= 4 is 68.6 Å². The summed E-state index contributed by atoms with van der Waals surface area (Å²) in [5, 5.41) is 10.6. The number of aromatic nitrogens is 1. The predicted octanol–water partition coefficient (Wildman–Crippen LogP) is 4.50. The molecule has 0 saturated heterocycles. The topological polar surface area (TPSA) is 90.1 Å². The van der Waals surface area contributed by atoms with Crippen LogP contribution in [0.1, 0.15) is 44.9 Å². The fourth-order valence-electron chi connectivity index (χ4n) is 3.99. The molecule has 0 saturated carbocycles. The molecule has 2 heterocycles. The Bertz CT molecular complexity index is 1560. The molecule has 0 unspecified atom stereocenters. The highest BCUT2D eigenvalue weighted by Gasteiger charge is 2.35. The lowest BCUT2D eigenvalue weighted by Crippen LogP contribution is -2.40. The molecule has 0 spiro atoms. The molecule has 1 N–H and O–H groups in total. The average Bonchev–Trinajstić information content (AvgIpc) is 3.11. The van der Waals surface area contributed by atoms with Crippen molar-refractivity contribution < 1.29 is 19.4 Å². The summed E-state index contributed by atoms with van der Waals surface area (Å²) < 4.78 is 15.0. The van der Waals surface area contributed by atoms with E-state index < -0.39 is 12.0 Å². The normalized spacial score (nSPS) is 15.6. The monoisotopic (exact) mass is 730 g/mol. The second kappa shape index (κ2) is 11.1. The number of allylic oxidation sites excluding steroid dienone is 1. The van der Waals surface area contributed by atoms with Crippen molar-refractivity contribution in [1.82, 2.24) is 4.57 Å². The SMILES string of the molecule is CCOC(=O)C1=C(C)N=c2s/c(=C/c3cc(I)cc(I)c3O)c(=O)n2[C@@H]1c1ccccc1OC(C)C. The summed E-state index contributed by atoms with van der Waals surface area (Å²) in [5.41, 5.74) is 1.67. The van der Waals surface area contributed by atoms with Crippen molar-refractivity contribution in [2.24, 2.45) is 4.99 Å². The molecule has 4 rings (SSSR count). The molecule has 36 heavy (non-hydrogen) atoms. The van der Waals surface area contributed by atoms with Gasteiger partial charge in [0.2, 0.25) is 0 Å². The molecule has 0 bridgehead atoms. The van der Waals surface area contributed by atoms with Gasteiger partial charge in [0.15, 0.2) is 4.80 Å². The molecule has 3 aromatic rings. The highest BCUT2D eigenvalue weighted by Crippen LogP contribution is 2.36. The van der Waals surface area contributed by atoms with Gasteiger partial charge in [0.1, 0.15) is 17.5 Å². The van der Waals surface area contributed by atoms with Crippen LogP contribution in [0.2, 0.25) is 0 Å². The molecule has 0 fully saturated rings. The number of halogens is 2. The second-order valence-corrected chi connectivity index (χ2v) is 11.7. The summed E-state index contributed by atoms with van der Waals surface area (Å²) in [5.74, 6) is 0.160. The van der Waals surface area contributed by atoms with E-state index in [4.69, 9.17) is 9.47 Å². The maximum atomic E-state index is 13.8. The van der Waals surface area contributed by atoms with E-state index in [0.717, 1.165) is 3.57 Å². The number of hydrogen-bond acceptors (Lipinski definition) is 7. The van der Waals surface area contributed by atoms with Crippen molar-refractivity contribution in [3.63, 3.8) is 0 Å². The summed E-state index contributed by atoms with van der Waals surface area (Å²) >= 11 is 5.45. The number of thiazole rings is 1. The molecule has 0 amide bonds. The van der Waals surface area contributed by atoms with Gasteiger partial charge in [-0.25, -0.2) is 9.79 Å². The van der Waals surface area contributed by atoms with E-state index in [2.05, 4.69) is 50.2 Å². The number of nitrogens with zero attached hydrogens (tertiary/aromatic N) is 2. The molecule has 2 aromatic carbocycles. The van der Waals surface area contributed by atoms with Crippen LogP contribution in [0.15, 0.2) is 57.5 Å². The minimum absolute atomic E-state index is 0.107. The van der Waals surface area contributed by atoms with Crippen molar-refractivity contribution in [2.45, 2.75) is 39.8 Å². The summed E-state index contributed by atoms with van der Waals surface area (Å²) in [7, 11) is 0. The Labute approximate surface area is 239 Å². The second-order valence-electron chi connectivity index (χ2n) is 8.33. The van der Waals surface area contributed by atoms with E-state index in [-0.39, 0.29) is 24.0 Å². The molecule has 0 aliphatic carbocycles. The van der Waals surface area contributed by atoms with E-state index in [9.17, 15) is 14.7 Å². The maximum absolute atomic E-state index is 13.8. The Balaban J connectivity index is 2.01. The lowest BCUT2D eigenvalue weighted by Gasteiger charge is -2.26. The number of benzene rings is 2. The quantitative estimate of drug-likeness (QED) is 0.298. The molecule has 1 aliphatic heterocycles. The molecule has 1 atom stereocenters. The third kappa shape index (κ3) is 5.25. The zero-order valence-corrected chi connectivity index (χ0v) is 25.2. The first-order chi connectivity index (χ1) is 17.1. The van der Waals surface area contributed by atoms with Gasteiger partial charge in [-0.15, -0.1) is 0 Å². The van der Waals surface area contributed by atoms with E-state index >= 15 is 0 Å². The van der Waals surface area contributed by atoms with E-state index in [1.54, 1.807) is 19.9 Å². The van der Waals surface area contributed by atoms with E-state index in [1.165, 1.54) is 15.9 Å². The van der Waals surface area contributed by atoms with Gasteiger partial charge in [0, 0.05) is 14.7 Å². The number of esters is 1. The summed E-state index contributed by atoms with van der Waals surface area (Å²) in [4.78, 5) is 32.0. The standard InChI is InChI=1S/C26H24I2N2O5S/c1-5-34-25(33)21-14(4)29-26-30(22(21)17-8-6-7-9-19(17)35-13(2)3)24(32)20(36-26)11-15-10-16(27)12-18(28)23(15)31/h6-13,22,31H,5H2,1-4H3/b20-11+/t22-/m1/s1. The first kappa shape index (κ1) is 26.9. The lowest BCUT2D eigenvalue weighted by molar-refractivity contribution is -0.139. The smallest absolute Gasteiger partial charge is 0.338 e. The third-order valence-corrected chi connectivity index (χ3v) is 7.87. The summed E-state index contributed by atoms with van der Waals surface area (Å²) in [6.07, 6.45) is 1.56. The van der Waals surface area contributed by atoms with Crippen LogP contribution < -0.4 is 19.6 Å². The Morgan fingerprint density at radius 2 is 2.00 bits per heavy atom. The van der Waals surface area contributed by atoms with Gasteiger partial charge in [0.05, 0.1) is 32.1 Å². The molecular weight excluding hydrogens is 706 g/mol. The van der Waals surface area contributed by atoms with Gasteiger partial charge in [-0.2, -0.15) is 0 Å². The number of phenolic OH excluding ortho intramolecular Hbond substituents is 1. The van der Waals surface area contributed by atoms with Crippen LogP contribution in [0.5, 0.6) is 11.5 Å². The van der Waals surface area contributed by atoms with Crippen LogP contribution >= 0.6 is 56.5 Å². The Hall–Kier alpha value is -2.19. The summed E-state index contributed by atoms with van der Waals surface area (Å²) in [6.45, 7) is 7.52. The molecule has 7 nitrogen and oxygen atoms in total. The largest absolute Gasteiger partial charge is 0.506 e. The average molecular weight is 730 g/mol. The highest BCUT2D eigenvalue weighted by atomic mass is 127. The molecule has 188 valence electrons. The number of para-hydroxylation sites is 1. The molecule has 10 heteroatoms. The number of aromatic hydroxyl groups is 1. The Kier molecular flexibility index (Phi) is 8.25. The van der Waals surface area contributed by atoms with Crippen LogP contribution in [0.4, 0.5) is 0 Å². The van der Waals surface area contributed by atoms with Gasteiger partial charge in [-0.1, -0.05) is 29.5 Å². The van der Waals surface area contributed by atoms with Gasteiger partial charge >= 0.3 is 5.97 Å². The Morgan fingerprint density at radius 3 is 2.69 bits per heavy atom. The fraction of sp³-hybridized carbons (Fsp3) is 0.269. The van der Waals surface area contributed by atoms with E-state index in [1.807, 2.05) is 50.2 Å². The third-order valence-electron chi connectivity index (χ3n) is 5.44. The van der Waals surface area contributed by atoms with Crippen molar-refractivity contribution in [3.05, 3.63) is 85.6 Å². The van der Waals surface area contributed by atoms with Crippen LogP contribution in [0.3, 0.4) is 0 Å². The minimum atomic E-state index is -0.776. The van der Waals surface area contributed by atoms with Crippen LogP contribution in [-0.4, -0.2) is 28.4 Å². The van der Waals surface area contributed by atoms with Gasteiger partial charge in [-0.3, -0.25) is 9.36 Å². The van der Waals surface area contributed by atoms with Crippen LogP contribution in [0.25, 0.3) is 6.08 Å². The van der Waals surface area contributed by atoms with Crippen LogP contribution in [-0.2, 0) is 9.53 Å². The number of fused-ring (bicyclic) bond motifs is 1. The Morgan fingerprint density at radius 1 is 1.28 bits per heavy atom. The highest BCUT2D eigenvalue weighted by molar-refractivity contribution is 14.1. The predicted molar refractivity (Wildman–Crippen MR) is 156 cm³/mol. The van der Waals surface area contributed by atoms with Crippen molar-refractivity contribution in [2.75, 3.05) is 6.61 Å². The number of carbonyl (C=O) groups excluding carboxylic acids is 1. The molecule has 1 aromatic heterocycles. The zero-order chi connectivity index (χ0) is 26.1. The van der Waals surface area contributed by atoms with Crippen LogP contribution in [0, 0.1) is 7.14 Å². The number of phenols is 1. The first-order valence-corrected chi connectivity index (χ1v) is 14.2. The van der Waals surface area contributed by atoms with E-state index in [0.29, 0.717) is 41.1 Å². The lowest BCUT2D eigenvalue weighted by atomic mass is 9.95. The van der Waals surface area contributed by atoms with Crippen molar-refractivity contribution in [3.8, 4) is 11.5 Å². The zero-order valence-electron chi connectivity index (χ0n) is 20.0.